The summed E-state index contributed by atoms with van der Waals surface area (Å²) < 4.78 is 8.77. The molecule has 58 valence electrons. The molecule has 0 aliphatic rings. The van der Waals surface area contributed by atoms with E-state index in [-0.39, 0.29) is 51.4 Å². The Bertz CT molecular complexity index is 82.8. The first-order valence-electron chi connectivity index (χ1n) is 1.37. The molecule has 0 aromatic heterocycles. The zero-order chi connectivity index (χ0) is 8.08. The second-order valence-corrected chi connectivity index (χ2v) is 2.28. The van der Waals surface area contributed by atoms with Crippen LogP contribution in [0.15, 0.2) is 0 Å². The molecule has 0 aromatic carbocycles. The van der Waals surface area contributed by atoms with E-state index in [2.05, 4.69) is 0 Å². The first-order valence-corrected chi connectivity index (χ1v) is 4.10. The van der Waals surface area contributed by atoms with Crippen LogP contribution in [0.25, 0.3) is 0 Å². The summed E-state index contributed by atoms with van der Waals surface area (Å²) in [5, 5.41) is 0. The van der Waals surface area contributed by atoms with Crippen LogP contribution in [-0.2, 0) is 4.57 Å². The van der Waals surface area contributed by atoms with Gasteiger partial charge in [-0.25, -0.2) is 0 Å². The molecule has 0 fully saturated rings. The Hall–Kier alpha value is 2.06. The summed E-state index contributed by atoms with van der Waals surface area (Å²) in [5.74, 6) is 0. The normalized spacial score (nSPS) is 9.50. The van der Waals surface area contributed by atoms with Gasteiger partial charge in [0, 0.05) is 0 Å². The smallest absolute Gasteiger partial charge is 0.756 e. The summed E-state index contributed by atoms with van der Waals surface area (Å²) >= 11 is 0. The molecule has 0 radical (unpaired) electrons. The summed E-state index contributed by atoms with van der Waals surface area (Å²) in [6.45, 7) is 0. The predicted molar refractivity (Wildman–Crippen MR) is 25.6 cm³/mol. The fraction of sp³-hybridized carbons (Fsp3) is 0. The van der Waals surface area contributed by atoms with Gasteiger partial charge in [0.2, 0.25) is 0 Å². The van der Waals surface area contributed by atoms with Crippen molar-refractivity contribution in [1.82, 2.24) is 0 Å². The second kappa shape index (κ2) is 9.15. The van der Waals surface area contributed by atoms with Crippen LogP contribution in [0.2, 0.25) is 0 Å². The van der Waals surface area contributed by atoms with Crippen LogP contribution in [0.4, 0.5) is 0 Å². The molecule has 0 aliphatic carbocycles. The maximum Gasteiger partial charge on any atom is 1.00 e. The Balaban J connectivity index is -0.0000000910. The Morgan fingerprint density at radius 3 is 1.20 bits per heavy atom. The summed E-state index contributed by atoms with van der Waals surface area (Å²) in [4.78, 5) is 44.6. The Labute approximate surface area is 100 Å². The molecular weight excluding hydrogens is 213 g/mol. The van der Waals surface area contributed by atoms with Crippen molar-refractivity contribution >= 4 is 16.4 Å². The Morgan fingerprint density at radius 2 is 1.20 bits per heavy atom. The van der Waals surface area contributed by atoms with Gasteiger partial charge in [-0.3, -0.25) is 4.57 Å². The average Bonchev–Trinajstić information content (AvgIpc) is 1.19. The topological polar surface area (TPSA) is 141 Å². The summed E-state index contributed by atoms with van der Waals surface area (Å²) in [7, 11) is -7.51. The van der Waals surface area contributed by atoms with E-state index in [0.29, 0.717) is 0 Å². The molecule has 0 heterocycles. The minimum Gasteiger partial charge on any atom is -0.756 e. The second-order valence-electron chi connectivity index (χ2n) is 0.759. The number of hydrogen-bond acceptors (Lipinski definition) is 5. The first kappa shape index (κ1) is 18.0. The van der Waals surface area contributed by atoms with E-state index in [1.165, 1.54) is 0 Å². The molecule has 7 nitrogen and oxygen atoms in total. The number of phosphoric acid groups is 1. The number of rotatable bonds is 0. The largest absolute Gasteiger partial charge is 1.00 e. The van der Waals surface area contributed by atoms with Crippen molar-refractivity contribution in [3.05, 3.63) is 0 Å². The molecule has 5 N–H and O–H groups in total. The van der Waals surface area contributed by atoms with E-state index in [1.807, 2.05) is 0 Å². The van der Waals surface area contributed by atoms with E-state index >= 15 is 0 Å². The predicted octanol–water partition coefficient (Wildman–Crippen LogP) is -5.37. The zero-order valence-electron chi connectivity index (χ0n) is 4.95. The van der Waals surface area contributed by atoms with Crippen molar-refractivity contribution in [2.75, 3.05) is 0 Å². The van der Waals surface area contributed by atoms with E-state index in [1.54, 1.807) is 0 Å². The van der Waals surface area contributed by atoms with Gasteiger partial charge in [-0.1, -0.05) is 0 Å². The molecule has 0 rings (SSSR count). The average molecular weight is 218 g/mol. The third-order valence-electron chi connectivity index (χ3n) is 0. The van der Waals surface area contributed by atoms with Gasteiger partial charge in [-0.05, 0) is 0 Å². The van der Waals surface area contributed by atoms with Crippen LogP contribution in [0, 0.1) is 0 Å². The third-order valence-corrected chi connectivity index (χ3v) is 0. The van der Waals surface area contributed by atoms with Crippen LogP contribution >= 0.6 is 16.4 Å². The van der Waals surface area contributed by atoms with Crippen molar-refractivity contribution in [3.63, 3.8) is 0 Å². The Kier molecular flexibility index (Phi) is 16.4. The molecule has 0 aromatic rings. The van der Waals surface area contributed by atoms with Crippen LogP contribution in [-0.4, -0.2) is 24.5 Å². The molecule has 0 spiro atoms. The van der Waals surface area contributed by atoms with Crippen molar-refractivity contribution in [2.24, 2.45) is 0 Å². The summed E-state index contributed by atoms with van der Waals surface area (Å²) in [6.07, 6.45) is 0. The van der Waals surface area contributed by atoms with Gasteiger partial charge < -0.3 is 29.4 Å². The number of hydrogen-bond donors (Lipinski definition) is 5. The van der Waals surface area contributed by atoms with Crippen LogP contribution < -0.4 is 56.3 Å². The SMILES string of the molecule is O=P([O-])(O)O.OP(O)O.[K+]. The molecule has 0 atom stereocenters. The van der Waals surface area contributed by atoms with Gasteiger partial charge in [0.05, 0.1) is 0 Å². The standard InChI is InChI=1S/K.H3O4P.H3O3P/c;1-5(2,3)4;1-4(2)3/h;(H3,1,2,3,4);1-3H/q+1;;/p-1. The van der Waals surface area contributed by atoms with Crippen LogP contribution in [0.3, 0.4) is 0 Å². The van der Waals surface area contributed by atoms with Gasteiger partial charge in [-0.15, -0.1) is 0 Å². The minimum atomic E-state index is -4.89. The van der Waals surface area contributed by atoms with Gasteiger partial charge in [0.15, 0.2) is 0 Å². The van der Waals surface area contributed by atoms with Gasteiger partial charge in [-0.2, -0.15) is 0 Å². The van der Waals surface area contributed by atoms with Crippen molar-refractivity contribution in [1.29, 1.82) is 0 Å². The van der Waals surface area contributed by atoms with E-state index < -0.39 is 16.4 Å². The zero-order valence-corrected chi connectivity index (χ0v) is 9.86. The van der Waals surface area contributed by atoms with Gasteiger partial charge >= 0.3 is 60.0 Å². The monoisotopic (exact) mass is 218 g/mol. The third kappa shape index (κ3) is 195. The molecular formula is H5KO7P2. The molecule has 0 amide bonds. The molecule has 0 saturated carbocycles. The quantitative estimate of drug-likeness (QED) is 0.202. The molecule has 0 unspecified atom stereocenters. The van der Waals surface area contributed by atoms with E-state index in [0.717, 1.165) is 0 Å². The molecule has 10 heavy (non-hydrogen) atoms. The van der Waals surface area contributed by atoms with Crippen LogP contribution in [0.1, 0.15) is 0 Å². The van der Waals surface area contributed by atoms with Crippen molar-refractivity contribution < 1.29 is 85.3 Å². The summed E-state index contributed by atoms with van der Waals surface area (Å²) in [6, 6.07) is 0. The Morgan fingerprint density at radius 1 is 1.20 bits per heavy atom. The minimum absolute atomic E-state index is 0. The first-order chi connectivity index (χ1) is 3.73. The van der Waals surface area contributed by atoms with E-state index in [9.17, 15) is 0 Å². The van der Waals surface area contributed by atoms with Crippen molar-refractivity contribution in [3.8, 4) is 0 Å². The van der Waals surface area contributed by atoms with Gasteiger partial charge in [0.1, 0.15) is 0 Å². The summed E-state index contributed by atoms with van der Waals surface area (Å²) in [5.41, 5.74) is 0. The van der Waals surface area contributed by atoms with Crippen molar-refractivity contribution in [2.45, 2.75) is 0 Å². The fourth-order valence-electron chi connectivity index (χ4n) is 0. The van der Waals surface area contributed by atoms with Crippen LogP contribution in [0.5, 0.6) is 0 Å². The molecule has 0 bridgehead atoms. The van der Waals surface area contributed by atoms with E-state index in [4.69, 9.17) is 33.9 Å². The fourth-order valence-corrected chi connectivity index (χ4v) is 0. The molecule has 0 aliphatic heterocycles. The molecule has 0 saturated heterocycles. The maximum absolute atomic E-state index is 8.77. The maximum atomic E-state index is 8.77. The molecule has 10 heteroatoms. The van der Waals surface area contributed by atoms with Gasteiger partial charge in [0.25, 0.3) is 7.82 Å².